The Balaban J connectivity index is -0.00000000655. The maximum absolute atomic E-state index is 8.88. The van der Waals surface area contributed by atoms with Crippen molar-refractivity contribution in [1.29, 1.82) is 0 Å². The number of hydrogen-bond donors (Lipinski definition) is 9. The Labute approximate surface area is 181 Å². The Morgan fingerprint density at radius 3 is 0.400 bits per heavy atom. The van der Waals surface area contributed by atoms with E-state index < -0.39 is 23.5 Å². The monoisotopic (exact) mass is 334 g/mol. The van der Waals surface area contributed by atoms with Crippen LogP contribution in [0.5, 0.6) is 0 Å². The van der Waals surface area contributed by atoms with E-state index in [1.807, 2.05) is 0 Å². The number of rotatable bonds is 0. The fraction of sp³-hybridized carbons (Fsp3) is 0. The molecule has 0 radical (unpaired) electrons. The third-order valence-electron chi connectivity index (χ3n) is 0. The van der Waals surface area contributed by atoms with Crippen LogP contribution in [0, 0.1) is 0 Å². The van der Waals surface area contributed by atoms with E-state index in [1.165, 1.54) is 0 Å². The molecule has 0 heterocycles. The molecule has 0 bridgehead atoms. The summed E-state index contributed by atoms with van der Waals surface area (Å²) in [5.41, 5.74) is 0. The normalized spacial score (nSPS) is 8.85. The molecule has 12 nitrogen and oxygen atoms in total. The van der Waals surface area contributed by atoms with Crippen LogP contribution in [-0.2, 0) is 13.7 Å². The van der Waals surface area contributed by atoms with Gasteiger partial charge in [0.25, 0.3) is 0 Å². The average molecular weight is 334 g/mol. The fourth-order valence-electron chi connectivity index (χ4n) is 0. The molecule has 0 aliphatic carbocycles. The van der Waals surface area contributed by atoms with E-state index in [0.717, 1.165) is 0 Å². The van der Waals surface area contributed by atoms with Crippen molar-refractivity contribution in [2.24, 2.45) is 0 Å². The topological polar surface area (TPSA) is 233 Å². The predicted octanol–water partition coefficient (Wildman–Crippen LogP) is -17.2. The van der Waals surface area contributed by atoms with Crippen LogP contribution in [0.1, 0.15) is 7.13 Å². The van der Waals surface area contributed by atoms with Gasteiger partial charge < -0.3 is 51.2 Å². The molecule has 0 fully saturated rings. The Morgan fingerprint density at radius 1 is 0.400 bits per heavy atom. The molecule has 0 rings (SSSR count). The molecule has 0 aromatic carbocycles. The molecule has 20 heavy (non-hydrogen) atoms. The molecule has 0 aromatic heterocycles. The average Bonchev–Trinajstić information content (AvgIpc) is 1.41. The Morgan fingerprint density at radius 2 is 0.400 bits per heavy atom. The maximum Gasteiger partial charge on any atom is 1.00 e. The Kier molecular flexibility index (Phi) is 55.2. The summed E-state index contributed by atoms with van der Waals surface area (Å²) in [5.74, 6) is 0. The van der Waals surface area contributed by atoms with E-state index in [4.69, 9.17) is 57.7 Å². The summed E-state index contributed by atoms with van der Waals surface area (Å²) in [6.07, 6.45) is 0. The van der Waals surface area contributed by atoms with Crippen molar-refractivity contribution >= 4 is 23.5 Å². The van der Waals surface area contributed by atoms with Gasteiger partial charge in [-0.2, -0.15) is 0 Å². The van der Waals surface area contributed by atoms with Gasteiger partial charge in [0.05, 0.1) is 0 Å². The third-order valence-corrected chi connectivity index (χ3v) is 0. The van der Waals surface area contributed by atoms with Crippen LogP contribution in [0.2, 0.25) is 0 Å². The first kappa shape index (κ1) is 49.5. The molecule has 0 aliphatic heterocycles. The standard InChI is InChI=1S/5Li.3H3O4P.5H/c;;;;;3*1-5(2,3)4;;;;;/h;;;;;3*(H3,1,2,3,4);;;;;/q5*+1;;;;5*-1. The van der Waals surface area contributed by atoms with Gasteiger partial charge in [-0.25, -0.2) is 13.7 Å². The van der Waals surface area contributed by atoms with Crippen molar-refractivity contribution in [3.63, 3.8) is 0 Å². The quantitative estimate of drug-likeness (QED) is 0.148. The van der Waals surface area contributed by atoms with Crippen molar-refractivity contribution in [3.05, 3.63) is 0 Å². The van der Waals surface area contributed by atoms with Crippen molar-refractivity contribution in [2.75, 3.05) is 0 Å². The Bertz CT molecular complexity index is 231. The van der Waals surface area contributed by atoms with Crippen molar-refractivity contribution < 1.29 is 159 Å². The molecule has 9 N–H and O–H groups in total. The van der Waals surface area contributed by atoms with E-state index in [0.29, 0.717) is 0 Å². The van der Waals surface area contributed by atoms with E-state index in [9.17, 15) is 0 Å². The van der Waals surface area contributed by atoms with Crippen LogP contribution in [0.15, 0.2) is 0 Å². The van der Waals surface area contributed by atoms with Gasteiger partial charge in [0.15, 0.2) is 0 Å². The van der Waals surface area contributed by atoms with Crippen molar-refractivity contribution in [1.82, 2.24) is 0 Å². The minimum absolute atomic E-state index is 0. The van der Waals surface area contributed by atoms with Crippen LogP contribution >= 0.6 is 23.5 Å². The largest absolute Gasteiger partial charge is 1.00 e. The Hall–Kier alpha value is 3.32. The molecule has 0 atom stereocenters. The molecule has 0 unspecified atom stereocenters. The number of hydrogen-bond acceptors (Lipinski definition) is 3. The molecule has 0 spiro atoms. The molecular formula is H14Li5O12P3. The molecule has 106 valence electrons. The summed E-state index contributed by atoms with van der Waals surface area (Å²) in [5, 5.41) is 0. The smallest absolute Gasteiger partial charge is 1.00 e. The molecule has 0 amide bonds. The van der Waals surface area contributed by atoms with E-state index in [1.54, 1.807) is 0 Å². The first-order valence-electron chi connectivity index (χ1n) is 2.35. The third kappa shape index (κ3) is 800. The van der Waals surface area contributed by atoms with Gasteiger partial charge in [-0.15, -0.1) is 0 Å². The van der Waals surface area contributed by atoms with E-state index >= 15 is 0 Å². The molecule has 20 heteroatoms. The zero-order valence-electron chi connectivity index (χ0n) is 16.6. The SMILES string of the molecule is O=P(O)(O)O.O=P(O)(O)O.O=P(O)(O)O.[H-].[H-].[H-].[H-].[H-].[Li+].[Li+].[Li+].[Li+].[Li+]. The van der Waals surface area contributed by atoms with Crippen molar-refractivity contribution in [2.45, 2.75) is 0 Å². The van der Waals surface area contributed by atoms with Crippen LogP contribution < -0.4 is 94.3 Å². The summed E-state index contributed by atoms with van der Waals surface area (Å²) >= 11 is 0. The molecule has 0 aromatic rings. The minimum Gasteiger partial charge on any atom is -1.00 e. The molecule has 0 aliphatic rings. The predicted molar refractivity (Wildman–Crippen MR) is 48.3 cm³/mol. The minimum atomic E-state index is -4.64. The summed E-state index contributed by atoms with van der Waals surface area (Å²) in [6.45, 7) is 0. The van der Waals surface area contributed by atoms with Gasteiger partial charge in [0, 0.05) is 0 Å². The summed E-state index contributed by atoms with van der Waals surface area (Å²) in [7, 11) is -13.9. The summed E-state index contributed by atoms with van der Waals surface area (Å²) < 4.78 is 26.6. The zero-order valence-corrected chi connectivity index (χ0v) is 14.3. The first-order valence-corrected chi connectivity index (χ1v) is 7.04. The van der Waals surface area contributed by atoms with Gasteiger partial charge in [-0.3, -0.25) is 0 Å². The first-order chi connectivity index (χ1) is 6.00. The van der Waals surface area contributed by atoms with Gasteiger partial charge in [0.1, 0.15) is 0 Å². The van der Waals surface area contributed by atoms with Crippen LogP contribution in [-0.4, -0.2) is 44.0 Å². The zero-order chi connectivity index (χ0) is 13.5. The molecule has 0 saturated heterocycles. The summed E-state index contributed by atoms with van der Waals surface area (Å²) in [6, 6.07) is 0. The van der Waals surface area contributed by atoms with Gasteiger partial charge in [-0.05, 0) is 0 Å². The van der Waals surface area contributed by atoms with Crippen LogP contribution in [0.3, 0.4) is 0 Å². The summed E-state index contributed by atoms with van der Waals surface area (Å²) in [4.78, 5) is 64.7. The molecular weight excluding hydrogens is 320 g/mol. The fourth-order valence-corrected chi connectivity index (χ4v) is 0. The second-order valence-corrected chi connectivity index (χ2v) is 4.62. The second-order valence-electron chi connectivity index (χ2n) is 1.54. The van der Waals surface area contributed by atoms with Gasteiger partial charge in [-0.1, -0.05) is 0 Å². The van der Waals surface area contributed by atoms with E-state index in [2.05, 4.69) is 0 Å². The number of phosphoric acid groups is 3. The van der Waals surface area contributed by atoms with Gasteiger partial charge >= 0.3 is 118 Å². The van der Waals surface area contributed by atoms with E-state index in [-0.39, 0.29) is 101 Å². The molecule has 0 saturated carbocycles. The maximum atomic E-state index is 8.88. The van der Waals surface area contributed by atoms with Crippen molar-refractivity contribution in [3.8, 4) is 0 Å². The van der Waals surface area contributed by atoms with Crippen LogP contribution in [0.25, 0.3) is 0 Å². The second kappa shape index (κ2) is 22.3. The van der Waals surface area contributed by atoms with Gasteiger partial charge in [0.2, 0.25) is 0 Å². The van der Waals surface area contributed by atoms with Crippen LogP contribution in [0.4, 0.5) is 0 Å².